The highest BCUT2D eigenvalue weighted by molar-refractivity contribution is 6.03. The number of fused-ring (bicyclic) bond motifs is 2. The highest BCUT2D eigenvalue weighted by Crippen LogP contribution is 2.46. The van der Waals surface area contributed by atoms with E-state index < -0.39 is 0 Å². The Balaban J connectivity index is 0.00000256. The van der Waals surface area contributed by atoms with Crippen molar-refractivity contribution in [1.29, 1.82) is 0 Å². The number of anilines is 1. The summed E-state index contributed by atoms with van der Waals surface area (Å²) in [6, 6.07) is 17.4. The number of benzene rings is 2. The lowest BCUT2D eigenvalue weighted by Crippen LogP contribution is -3.00. The Kier molecular flexibility index (Phi) is 5.84. The Hall–Kier alpha value is -2.58. The van der Waals surface area contributed by atoms with Gasteiger partial charge in [0.05, 0.1) is 5.41 Å². The molecule has 0 saturated heterocycles. The third-order valence-corrected chi connectivity index (χ3v) is 6.61. The summed E-state index contributed by atoms with van der Waals surface area (Å²) in [5, 5.41) is 0. The van der Waals surface area contributed by atoms with Gasteiger partial charge in [0.1, 0.15) is 7.05 Å². The Morgan fingerprint density at radius 3 is 2.10 bits per heavy atom. The van der Waals surface area contributed by atoms with Gasteiger partial charge >= 0.3 is 0 Å². The lowest BCUT2D eigenvalue weighted by atomic mass is 9.81. The van der Waals surface area contributed by atoms with Crippen molar-refractivity contribution in [3.8, 4) is 0 Å². The van der Waals surface area contributed by atoms with Crippen LogP contribution in [0.1, 0.15) is 38.8 Å². The quantitative estimate of drug-likeness (QED) is 0.548. The summed E-state index contributed by atoms with van der Waals surface area (Å²) in [5.41, 5.74) is 8.06. The molecule has 30 heavy (non-hydrogen) atoms. The van der Waals surface area contributed by atoms with Crippen LogP contribution < -0.4 is 17.3 Å². The summed E-state index contributed by atoms with van der Waals surface area (Å²) < 4.78 is 2.31. The van der Waals surface area contributed by atoms with E-state index in [0.29, 0.717) is 0 Å². The molecule has 0 N–H and O–H groups in total. The summed E-state index contributed by atoms with van der Waals surface area (Å²) >= 11 is 0. The summed E-state index contributed by atoms with van der Waals surface area (Å²) in [4.78, 5) is 2.31. The maximum Gasteiger partial charge on any atom is 0.209 e. The predicted molar refractivity (Wildman–Crippen MR) is 125 cm³/mol. The molecule has 0 spiro atoms. The van der Waals surface area contributed by atoms with Gasteiger partial charge in [-0.3, -0.25) is 0 Å². The van der Waals surface area contributed by atoms with Crippen molar-refractivity contribution in [3.63, 3.8) is 0 Å². The summed E-state index contributed by atoms with van der Waals surface area (Å²) in [5.74, 6) is 0. The first-order valence-electron chi connectivity index (χ1n) is 10.4. The molecule has 0 aromatic heterocycles. The summed E-state index contributed by atoms with van der Waals surface area (Å²) in [6.45, 7) is 9.20. The Bertz CT molecular complexity index is 1080. The van der Waals surface area contributed by atoms with Gasteiger partial charge in [0.15, 0.2) is 5.71 Å². The van der Waals surface area contributed by atoms with Gasteiger partial charge in [0.2, 0.25) is 5.69 Å². The van der Waals surface area contributed by atoms with Crippen molar-refractivity contribution in [1.82, 2.24) is 0 Å². The van der Waals surface area contributed by atoms with Crippen molar-refractivity contribution >= 4 is 17.1 Å². The first-order valence-corrected chi connectivity index (χ1v) is 10.4. The minimum absolute atomic E-state index is 0. The molecule has 2 aromatic carbocycles. The molecular weight excluding hydrogens is 388 g/mol. The van der Waals surface area contributed by atoms with Crippen LogP contribution in [0, 0.1) is 0 Å². The maximum atomic E-state index is 2.31. The van der Waals surface area contributed by atoms with Gasteiger partial charge < -0.3 is 17.3 Å². The van der Waals surface area contributed by atoms with E-state index in [0.717, 1.165) is 0 Å². The van der Waals surface area contributed by atoms with E-state index in [1.807, 2.05) is 0 Å². The van der Waals surface area contributed by atoms with Crippen LogP contribution in [0.4, 0.5) is 11.4 Å². The van der Waals surface area contributed by atoms with Gasteiger partial charge in [0, 0.05) is 41.6 Å². The molecule has 0 amide bonds. The third-order valence-electron chi connectivity index (χ3n) is 6.61. The predicted octanol–water partition coefficient (Wildman–Crippen LogP) is 3.12. The van der Waals surface area contributed by atoms with E-state index in [1.165, 1.54) is 33.9 Å². The van der Waals surface area contributed by atoms with Gasteiger partial charge in [-0.1, -0.05) is 68.5 Å². The minimum Gasteiger partial charge on any atom is -1.00 e. The van der Waals surface area contributed by atoms with E-state index in [2.05, 4.69) is 130 Å². The normalized spacial score (nSPS) is 20.2. The number of allylic oxidation sites excluding steroid dienone is 6. The first kappa shape index (κ1) is 22.1. The molecule has 3 heteroatoms. The van der Waals surface area contributed by atoms with E-state index >= 15 is 0 Å². The third kappa shape index (κ3) is 3.33. The molecule has 2 aliphatic heterocycles. The van der Waals surface area contributed by atoms with E-state index in [9.17, 15) is 0 Å². The van der Waals surface area contributed by atoms with E-state index in [1.54, 1.807) is 0 Å². The first-order chi connectivity index (χ1) is 13.8. The van der Waals surface area contributed by atoms with Gasteiger partial charge in [-0.15, -0.1) is 0 Å². The fourth-order valence-corrected chi connectivity index (χ4v) is 4.96. The second kappa shape index (κ2) is 7.92. The van der Waals surface area contributed by atoms with Crippen molar-refractivity contribution < 1.29 is 17.0 Å². The second-order valence-corrected chi connectivity index (χ2v) is 9.08. The number of hydrogen-bond acceptors (Lipinski definition) is 1. The van der Waals surface area contributed by atoms with Crippen LogP contribution in [0.25, 0.3) is 0 Å². The van der Waals surface area contributed by atoms with Gasteiger partial charge in [-0.25, -0.2) is 0 Å². The number of rotatable bonds is 3. The van der Waals surface area contributed by atoms with E-state index in [4.69, 9.17) is 0 Å². The largest absolute Gasteiger partial charge is 1.00 e. The Morgan fingerprint density at radius 1 is 0.800 bits per heavy atom. The zero-order valence-corrected chi connectivity index (χ0v) is 19.5. The average Bonchev–Trinajstić information content (AvgIpc) is 3.02. The zero-order valence-electron chi connectivity index (χ0n) is 18.8. The van der Waals surface area contributed by atoms with Crippen LogP contribution in [-0.4, -0.2) is 24.4 Å². The molecule has 0 atom stereocenters. The molecule has 2 heterocycles. The highest BCUT2D eigenvalue weighted by atomic mass is 35.5. The average molecular weight is 419 g/mol. The molecule has 0 bridgehead atoms. The van der Waals surface area contributed by atoms with Crippen LogP contribution >= 0.6 is 0 Å². The summed E-state index contributed by atoms with van der Waals surface area (Å²) in [7, 11) is 4.32. The summed E-state index contributed by atoms with van der Waals surface area (Å²) in [6.07, 6.45) is 10.9. The molecular formula is C27H31ClN2. The second-order valence-electron chi connectivity index (χ2n) is 9.08. The molecule has 0 saturated carbocycles. The number of likely N-dealkylation sites (N-methyl/N-ethyl adjacent to an activating group) is 1. The minimum atomic E-state index is 0. The molecule has 4 rings (SSSR count). The monoisotopic (exact) mass is 418 g/mol. The fraction of sp³-hybridized carbons (Fsp3) is 0.296. The van der Waals surface area contributed by atoms with Crippen molar-refractivity contribution in [2.45, 2.75) is 38.5 Å². The van der Waals surface area contributed by atoms with Crippen LogP contribution in [0.5, 0.6) is 0 Å². The lowest BCUT2D eigenvalue weighted by molar-refractivity contribution is -0.401. The Morgan fingerprint density at radius 2 is 1.43 bits per heavy atom. The molecule has 0 fully saturated rings. The molecule has 156 valence electrons. The number of para-hydroxylation sites is 2. The SMILES string of the molecule is CN1\C(=C/C=C/C=C/C2=[N+](C)c3ccccc3C2(C)C)C(C)(C)c2ccccc21.[Cl-]. The molecule has 2 aromatic rings. The van der Waals surface area contributed by atoms with Gasteiger partial charge in [-0.2, -0.15) is 4.58 Å². The van der Waals surface area contributed by atoms with Crippen molar-refractivity contribution in [2.75, 3.05) is 19.0 Å². The molecule has 0 unspecified atom stereocenters. The smallest absolute Gasteiger partial charge is 0.209 e. The molecule has 2 aliphatic rings. The number of halogens is 1. The number of nitrogens with zero attached hydrogens (tertiary/aromatic N) is 2. The van der Waals surface area contributed by atoms with Crippen LogP contribution in [0.2, 0.25) is 0 Å². The highest BCUT2D eigenvalue weighted by Gasteiger charge is 2.42. The maximum absolute atomic E-state index is 2.31. The fourth-order valence-electron chi connectivity index (χ4n) is 4.96. The van der Waals surface area contributed by atoms with Gasteiger partial charge in [-0.05, 0) is 31.6 Å². The van der Waals surface area contributed by atoms with Crippen molar-refractivity contribution in [3.05, 3.63) is 95.7 Å². The number of hydrogen-bond donors (Lipinski definition) is 0. The van der Waals surface area contributed by atoms with Crippen LogP contribution in [0.3, 0.4) is 0 Å². The van der Waals surface area contributed by atoms with E-state index in [-0.39, 0.29) is 23.2 Å². The van der Waals surface area contributed by atoms with Gasteiger partial charge in [0.25, 0.3) is 0 Å². The molecule has 0 radical (unpaired) electrons. The van der Waals surface area contributed by atoms with Crippen LogP contribution in [-0.2, 0) is 10.8 Å². The topological polar surface area (TPSA) is 6.25 Å². The lowest BCUT2D eigenvalue weighted by Gasteiger charge is -2.23. The standard InChI is InChI=1S/C27H31N2.ClH/c1-26(2)20-14-10-12-16-22(20)28(5)24(26)18-8-7-9-19-25-27(3,4)21-15-11-13-17-23(21)29(25)6;/h7-19H,1-6H3;1H/q+1;/p-1. The van der Waals surface area contributed by atoms with Crippen molar-refractivity contribution in [2.24, 2.45) is 0 Å². The van der Waals surface area contributed by atoms with Crippen LogP contribution in [0.15, 0.2) is 84.6 Å². The molecule has 0 aliphatic carbocycles. The zero-order chi connectivity index (χ0) is 20.8. The molecule has 2 nitrogen and oxygen atoms in total. The Labute approximate surface area is 187 Å².